The van der Waals surface area contributed by atoms with E-state index in [1.54, 1.807) is 18.3 Å². The number of nitrogens with one attached hydrogen (secondary N) is 2. The Hall–Kier alpha value is -2.22. The largest absolute Gasteiger partial charge is 0.382 e. The van der Waals surface area contributed by atoms with Crippen molar-refractivity contribution in [2.24, 2.45) is 0 Å². The van der Waals surface area contributed by atoms with Crippen LogP contribution in [0.15, 0.2) is 18.3 Å². The predicted molar refractivity (Wildman–Crippen MR) is 81.0 cm³/mol. The van der Waals surface area contributed by atoms with E-state index in [1.165, 1.54) is 17.8 Å². The minimum Gasteiger partial charge on any atom is -0.382 e. The molecule has 0 saturated heterocycles. The Balaban J connectivity index is 1.61. The third-order valence-electron chi connectivity index (χ3n) is 3.35. The first-order chi connectivity index (χ1) is 10.2. The second-order valence-electron chi connectivity index (χ2n) is 4.90. The number of nitrogen functional groups attached to an aromatic ring is 1. The SMILES string of the molecule is Nc1nc(NC2CCC2)sc1C(=O)NCc1cccnn1. The molecule has 2 heterocycles. The first kappa shape index (κ1) is 13.7. The van der Waals surface area contributed by atoms with Crippen LogP contribution >= 0.6 is 11.3 Å². The van der Waals surface area contributed by atoms with Crippen LogP contribution in [0.25, 0.3) is 0 Å². The number of thiazole rings is 1. The summed E-state index contributed by atoms with van der Waals surface area (Å²) in [6, 6.07) is 4.04. The van der Waals surface area contributed by atoms with Gasteiger partial charge < -0.3 is 16.4 Å². The molecule has 2 aromatic heterocycles. The fraction of sp³-hybridized carbons (Fsp3) is 0.385. The molecule has 1 aliphatic carbocycles. The summed E-state index contributed by atoms with van der Waals surface area (Å²) < 4.78 is 0. The smallest absolute Gasteiger partial charge is 0.265 e. The lowest BCUT2D eigenvalue weighted by Crippen LogP contribution is -2.26. The fourth-order valence-corrected chi connectivity index (χ4v) is 2.84. The molecule has 8 heteroatoms. The maximum Gasteiger partial charge on any atom is 0.265 e. The highest BCUT2D eigenvalue weighted by Gasteiger charge is 2.21. The summed E-state index contributed by atoms with van der Waals surface area (Å²) in [5.74, 6) is 0.0239. The Morgan fingerprint density at radius 2 is 2.33 bits per heavy atom. The van der Waals surface area contributed by atoms with Crippen LogP contribution in [0.4, 0.5) is 10.9 Å². The van der Waals surface area contributed by atoms with E-state index in [9.17, 15) is 4.79 Å². The Kier molecular flexibility index (Phi) is 3.96. The molecule has 0 radical (unpaired) electrons. The van der Waals surface area contributed by atoms with Crippen LogP contribution in [0.3, 0.4) is 0 Å². The normalized spacial score (nSPS) is 14.5. The van der Waals surface area contributed by atoms with E-state index in [2.05, 4.69) is 25.8 Å². The van der Waals surface area contributed by atoms with Gasteiger partial charge >= 0.3 is 0 Å². The molecule has 21 heavy (non-hydrogen) atoms. The van der Waals surface area contributed by atoms with Gasteiger partial charge in [0.25, 0.3) is 5.91 Å². The number of hydrogen-bond donors (Lipinski definition) is 3. The zero-order valence-electron chi connectivity index (χ0n) is 11.4. The van der Waals surface area contributed by atoms with Crippen molar-refractivity contribution in [2.75, 3.05) is 11.1 Å². The van der Waals surface area contributed by atoms with Gasteiger partial charge in [-0.15, -0.1) is 0 Å². The van der Waals surface area contributed by atoms with Gasteiger partial charge in [0.05, 0.1) is 12.2 Å². The van der Waals surface area contributed by atoms with Crippen molar-refractivity contribution in [3.63, 3.8) is 0 Å². The van der Waals surface area contributed by atoms with Gasteiger partial charge in [-0.1, -0.05) is 11.3 Å². The standard InChI is InChI=1S/C13H16N6OS/c14-11-10(21-13(18-11)17-8-3-1-4-8)12(20)15-7-9-5-2-6-16-19-9/h2,5-6,8H,1,3-4,7,14H2,(H,15,20)(H,17,18). The highest BCUT2D eigenvalue weighted by atomic mass is 32.1. The van der Waals surface area contributed by atoms with Crippen LogP contribution in [0.2, 0.25) is 0 Å². The quantitative estimate of drug-likeness (QED) is 0.771. The molecule has 110 valence electrons. The van der Waals surface area contributed by atoms with E-state index in [4.69, 9.17) is 5.73 Å². The Bertz CT molecular complexity index is 625. The van der Waals surface area contributed by atoms with Crippen LogP contribution in [-0.4, -0.2) is 27.1 Å². The first-order valence-corrected chi connectivity index (χ1v) is 7.61. The molecule has 0 unspecified atom stereocenters. The molecule has 1 amide bonds. The minimum absolute atomic E-state index is 0.239. The maximum atomic E-state index is 12.1. The van der Waals surface area contributed by atoms with Gasteiger partial charge in [0, 0.05) is 12.2 Å². The lowest BCUT2D eigenvalue weighted by atomic mass is 9.93. The molecule has 0 spiro atoms. The van der Waals surface area contributed by atoms with Crippen molar-refractivity contribution in [3.05, 3.63) is 28.9 Å². The molecule has 0 aromatic carbocycles. The topological polar surface area (TPSA) is 106 Å². The molecular formula is C13H16N6OS. The summed E-state index contributed by atoms with van der Waals surface area (Å²) in [7, 11) is 0. The van der Waals surface area contributed by atoms with Gasteiger partial charge in [-0.05, 0) is 31.4 Å². The maximum absolute atomic E-state index is 12.1. The Labute approximate surface area is 126 Å². The molecule has 2 aromatic rings. The van der Waals surface area contributed by atoms with E-state index in [0.29, 0.717) is 28.3 Å². The second-order valence-corrected chi connectivity index (χ2v) is 5.90. The van der Waals surface area contributed by atoms with Gasteiger partial charge in [0.2, 0.25) is 0 Å². The average molecular weight is 304 g/mol. The zero-order valence-corrected chi connectivity index (χ0v) is 12.2. The van der Waals surface area contributed by atoms with Gasteiger partial charge in [-0.3, -0.25) is 4.79 Å². The molecule has 0 aliphatic heterocycles. The third-order valence-corrected chi connectivity index (χ3v) is 4.35. The third kappa shape index (κ3) is 3.27. The fourth-order valence-electron chi connectivity index (χ4n) is 1.96. The number of nitrogens with two attached hydrogens (primary N) is 1. The number of rotatable bonds is 5. The second kappa shape index (κ2) is 6.04. The lowest BCUT2D eigenvalue weighted by Gasteiger charge is -2.25. The number of carbonyl (C=O) groups is 1. The van der Waals surface area contributed by atoms with Crippen LogP contribution in [0.5, 0.6) is 0 Å². The Morgan fingerprint density at radius 1 is 1.48 bits per heavy atom. The predicted octanol–water partition coefficient (Wildman–Crippen LogP) is 1.41. The molecule has 0 atom stereocenters. The van der Waals surface area contributed by atoms with Crippen molar-refractivity contribution in [1.29, 1.82) is 0 Å². The molecule has 3 rings (SSSR count). The van der Waals surface area contributed by atoms with E-state index in [0.717, 1.165) is 12.8 Å². The van der Waals surface area contributed by atoms with Crippen molar-refractivity contribution in [2.45, 2.75) is 31.8 Å². The van der Waals surface area contributed by atoms with E-state index in [-0.39, 0.29) is 11.7 Å². The monoisotopic (exact) mass is 304 g/mol. The van der Waals surface area contributed by atoms with E-state index in [1.807, 2.05) is 0 Å². The summed E-state index contributed by atoms with van der Waals surface area (Å²) in [6.45, 7) is 0.315. The number of hydrogen-bond acceptors (Lipinski definition) is 7. The van der Waals surface area contributed by atoms with Crippen LogP contribution in [-0.2, 0) is 6.54 Å². The van der Waals surface area contributed by atoms with Crippen molar-refractivity contribution >= 4 is 28.2 Å². The highest BCUT2D eigenvalue weighted by molar-refractivity contribution is 7.18. The summed E-state index contributed by atoms with van der Waals surface area (Å²) >= 11 is 1.29. The van der Waals surface area contributed by atoms with Gasteiger partial charge in [0.1, 0.15) is 10.7 Å². The molecule has 4 N–H and O–H groups in total. The molecule has 7 nitrogen and oxygen atoms in total. The molecule has 0 bridgehead atoms. The van der Waals surface area contributed by atoms with Crippen LogP contribution in [0, 0.1) is 0 Å². The summed E-state index contributed by atoms with van der Waals surface area (Å²) in [6.07, 6.45) is 5.12. The number of anilines is 2. The van der Waals surface area contributed by atoms with Crippen molar-refractivity contribution in [1.82, 2.24) is 20.5 Å². The number of aromatic nitrogens is 3. The van der Waals surface area contributed by atoms with E-state index >= 15 is 0 Å². The first-order valence-electron chi connectivity index (χ1n) is 6.80. The summed E-state index contributed by atoms with van der Waals surface area (Å²) in [4.78, 5) is 16.8. The number of carbonyl (C=O) groups excluding carboxylic acids is 1. The number of nitrogens with zero attached hydrogens (tertiary/aromatic N) is 3. The Morgan fingerprint density at radius 3 is 3.00 bits per heavy atom. The number of amides is 1. The average Bonchev–Trinajstić information content (AvgIpc) is 2.82. The molecule has 1 aliphatic rings. The van der Waals surface area contributed by atoms with Gasteiger partial charge in [-0.2, -0.15) is 10.2 Å². The molecule has 1 fully saturated rings. The highest BCUT2D eigenvalue weighted by Crippen LogP contribution is 2.29. The summed E-state index contributed by atoms with van der Waals surface area (Å²) in [5.41, 5.74) is 6.51. The lowest BCUT2D eigenvalue weighted by molar-refractivity contribution is 0.0955. The van der Waals surface area contributed by atoms with Crippen molar-refractivity contribution in [3.8, 4) is 0 Å². The van der Waals surface area contributed by atoms with Crippen molar-refractivity contribution < 1.29 is 4.79 Å². The van der Waals surface area contributed by atoms with Crippen LogP contribution < -0.4 is 16.4 Å². The molecule has 1 saturated carbocycles. The summed E-state index contributed by atoms with van der Waals surface area (Å²) in [5, 5.41) is 14.4. The van der Waals surface area contributed by atoms with Crippen LogP contribution in [0.1, 0.15) is 34.6 Å². The van der Waals surface area contributed by atoms with Gasteiger partial charge in [0.15, 0.2) is 5.13 Å². The molecular weight excluding hydrogens is 288 g/mol. The zero-order chi connectivity index (χ0) is 14.7. The van der Waals surface area contributed by atoms with E-state index < -0.39 is 0 Å². The minimum atomic E-state index is -0.239. The van der Waals surface area contributed by atoms with Gasteiger partial charge in [-0.25, -0.2) is 4.98 Å².